The molecule has 0 radical (unpaired) electrons. The van der Waals surface area contributed by atoms with Gasteiger partial charge in [-0.15, -0.1) is 0 Å². The first-order valence-electron chi connectivity index (χ1n) is 12.4. The molecule has 4 aromatic rings. The Morgan fingerprint density at radius 2 is 1.66 bits per heavy atom. The van der Waals surface area contributed by atoms with Gasteiger partial charge in [-0.2, -0.15) is 18.3 Å². The Kier molecular flexibility index (Phi) is 6.83. The molecule has 3 heterocycles. The standard InChI is InChI=1S/C28H28F3N5O2/c1-18-24(21-9-11-22(38-3)12-10-21)33-26-23(17-32-36(26)25(18)28(29,30)31)27(37)35-15-13-34(14-16-35)19(2)20-7-5-4-6-8-20/h4-12,17,19H,13-16H2,1-3H3/t19-/m1/s1. The van der Waals surface area contributed by atoms with Gasteiger partial charge in [0.1, 0.15) is 11.3 Å². The lowest BCUT2D eigenvalue weighted by Gasteiger charge is -2.38. The zero-order chi connectivity index (χ0) is 27.0. The van der Waals surface area contributed by atoms with Crippen LogP contribution in [0.4, 0.5) is 13.2 Å². The van der Waals surface area contributed by atoms with E-state index in [1.165, 1.54) is 25.8 Å². The highest BCUT2D eigenvalue weighted by Crippen LogP contribution is 2.37. The van der Waals surface area contributed by atoms with Crippen LogP contribution in [0.1, 0.15) is 40.1 Å². The molecule has 0 saturated carbocycles. The number of alkyl halides is 3. The molecular formula is C28H28F3N5O2. The molecule has 0 N–H and O–H groups in total. The summed E-state index contributed by atoms with van der Waals surface area (Å²) in [6.45, 7) is 5.71. The van der Waals surface area contributed by atoms with Crippen molar-refractivity contribution in [1.29, 1.82) is 0 Å². The summed E-state index contributed by atoms with van der Waals surface area (Å²) in [5, 5.41) is 3.96. The van der Waals surface area contributed by atoms with Gasteiger partial charge in [0.05, 0.1) is 19.0 Å². The van der Waals surface area contributed by atoms with Crippen molar-refractivity contribution in [3.63, 3.8) is 0 Å². The van der Waals surface area contributed by atoms with Crippen LogP contribution in [0.15, 0.2) is 60.8 Å². The maximum Gasteiger partial charge on any atom is 0.433 e. The molecule has 0 spiro atoms. The SMILES string of the molecule is COc1ccc(-c2nc3c(C(=O)N4CCN([C@H](C)c5ccccc5)CC4)cnn3c(C(F)(F)F)c2C)cc1. The number of methoxy groups -OCH3 is 1. The Hall–Kier alpha value is -3.92. The molecule has 1 amide bonds. The highest BCUT2D eigenvalue weighted by atomic mass is 19.4. The summed E-state index contributed by atoms with van der Waals surface area (Å²) in [6.07, 6.45) is -3.51. The van der Waals surface area contributed by atoms with Gasteiger partial charge in [-0.05, 0) is 43.7 Å². The number of carbonyl (C=O) groups excluding carboxylic acids is 1. The predicted octanol–water partition coefficient (Wildman–Crippen LogP) is 5.25. The molecule has 0 unspecified atom stereocenters. The fourth-order valence-electron chi connectivity index (χ4n) is 5.01. The molecule has 1 aliphatic heterocycles. The largest absolute Gasteiger partial charge is 0.497 e. The number of fused-ring (bicyclic) bond motifs is 1. The molecule has 2 aromatic carbocycles. The average molecular weight is 524 g/mol. The van der Waals surface area contributed by atoms with Crippen molar-refractivity contribution in [1.82, 2.24) is 24.4 Å². The lowest BCUT2D eigenvalue weighted by molar-refractivity contribution is -0.143. The van der Waals surface area contributed by atoms with Crippen LogP contribution in [0.25, 0.3) is 16.9 Å². The molecule has 38 heavy (non-hydrogen) atoms. The van der Waals surface area contributed by atoms with E-state index in [1.807, 2.05) is 18.2 Å². The Morgan fingerprint density at radius 1 is 1.00 bits per heavy atom. The molecule has 5 rings (SSSR count). The smallest absolute Gasteiger partial charge is 0.433 e. The highest BCUT2D eigenvalue weighted by molar-refractivity contribution is 6.00. The number of piperazine rings is 1. The van der Waals surface area contributed by atoms with Gasteiger partial charge in [0.2, 0.25) is 0 Å². The van der Waals surface area contributed by atoms with Crippen molar-refractivity contribution in [2.75, 3.05) is 33.3 Å². The lowest BCUT2D eigenvalue weighted by atomic mass is 10.0. The first-order valence-corrected chi connectivity index (χ1v) is 12.4. The third kappa shape index (κ3) is 4.71. The Balaban J connectivity index is 1.46. The normalized spacial score (nSPS) is 15.6. The molecule has 1 saturated heterocycles. The minimum atomic E-state index is -4.70. The van der Waals surface area contributed by atoms with Gasteiger partial charge >= 0.3 is 6.18 Å². The summed E-state index contributed by atoms with van der Waals surface area (Å²) in [6, 6.07) is 16.9. The quantitative estimate of drug-likeness (QED) is 0.358. The van der Waals surface area contributed by atoms with Crippen molar-refractivity contribution < 1.29 is 22.7 Å². The van der Waals surface area contributed by atoms with E-state index in [0.29, 0.717) is 37.5 Å². The third-order valence-electron chi connectivity index (χ3n) is 7.18. The summed E-state index contributed by atoms with van der Waals surface area (Å²) in [5.74, 6) is 0.196. The Labute approximate surface area is 218 Å². The highest BCUT2D eigenvalue weighted by Gasteiger charge is 2.39. The van der Waals surface area contributed by atoms with Crippen LogP contribution in [0.5, 0.6) is 5.75 Å². The summed E-state index contributed by atoms with van der Waals surface area (Å²) >= 11 is 0. The summed E-state index contributed by atoms with van der Waals surface area (Å²) < 4.78 is 48.5. The van der Waals surface area contributed by atoms with Crippen LogP contribution < -0.4 is 4.74 Å². The van der Waals surface area contributed by atoms with E-state index in [1.54, 1.807) is 29.2 Å². The van der Waals surface area contributed by atoms with Gasteiger partial charge in [0, 0.05) is 43.3 Å². The number of hydrogen-bond donors (Lipinski definition) is 0. The number of rotatable bonds is 5. The van der Waals surface area contributed by atoms with E-state index >= 15 is 0 Å². The predicted molar refractivity (Wildman–Crippen MR) is 137 cm³/mol. The molecule has 198 valence electrons. The molecule has 1 aliphatic rings. The van der Waals surface area contributed by atoms with E-state index in [9.17, 15) is 18.0 Å². The average Bonchev–Trinajstić information content (AvgIpc) is 3.35. The maximum absolute atomic E-state index is 14.2. The first-order chi connectivity index (χ1) is 18.2. The van der Waals surface area contributed by atoms with Crippen molar-refractivity contribution >= 4 is 11.6 Å². The number of ether oxygens (including phenoxy) is 1. The zero-order valence-corrected chi connectivity index (χ0v) is 21.4. The monoisotopic (exact) mass is 523 g/mol. The maximum atomic E-state index is 14.2. The summed E-state index contributed by atoms with van der Waals surface area (Å²) in [7, 11) is 1.51. The molecule has 0 aliphatic carbocycles. The van der Waals surface area contributed by atoms with Crippen LogP contribution in [-0.2, 0) is 6.18 Å². The van der Waals surface area contributed by atoms with E-state index in [4.69, 9.17) is 4.74 Å². The van der Waals surface area contributed by atoms with E-state index in [0.717, 1.165) is 4.52 Å². The number of benzene rings is 2. The van der Waals surface area contributed by atoms with Crippen molar-refractivity contribution in [2.24, 2.45) is 0 Å². The van der Waals surface area contributed by atoms with Crippen molar-refractivity contribution in [3.8, 4) is 17.0 Å². The van der Waals surface area contributed by atoms with E-state index in [-0.39, 0.29) is 34.4 Å². The van der Waals surface area contributed by atoms with Gasteiger partial charge < -0.3 is 9.64 Å². The Morgan fingerprint density at radius 3 is 2.26 bits per heavy atom. The molecule has 1 atom stereocenters. The fraction of sp³-hybridized carbons (Fsp3) is 0.321. The van der Waals surface area contributed by atoms with Crippen LogP contribution in [0, 0.1) is 6.92 Å². The third-order valence-corrected chi connectivity index (χ3v) is 7.18. The number of hydrogen-bond acceptors (Lipinski definition) is 5. The lowest BCUT2D eigenvalue weighted by Crippen LogP contribution is -2.49. The van der Waals surface area contributed by atoms with E-state index < -0.39 is 11.9 Å². The first kappa shape index (κ1) is 25.7. The van der Waals surface area contributed by atoms with Gasteiger partial charge in [-0.3, -0.25) is 9.69 Å². The molecule has 2 aromatic heterocycles. The van der Waals surface area contributed by atoms with Crippen molar-refractivity contribution in [3.05, 3.63) is 83.2 Å². The van der Waals surface area contributed by atoms with Crippen LogP contribution in [0.3, 0.4) is 0 Å². The van der Waals surface area contributed by atoms with Crippen LogP contribution >= 0.6 is 0 Å². The number of carbonyl (C=O) groups is 1. The second kappa shape index (κ2) is 10.1. The number of amides is 1. The van der Waals surface area contributed by atoms with Gasteiger partial charge in [0.15, 0.2) is 11.3 Å². The van der Waals surface area contributed by atoms with Crippen LogP contribution in [0.2, 0.25) is 0 Å². The molecule has 0 bridgehead atoms. The second-order valence-corrected chi connectivity index (χ2v) is 9.37. The fourth-order valence-corrected chi connectivity index (χ4v) is 5.01. The van der Waals surface area contributed by atoms with Crippen LogP contribution in [-0.4, -0.2) is 63.6 Å². The minimum Gasteiger partial charge on any atom is -0.497 e. The molecule has 10 heteroatoms. The van der Waals surface area contributed by atoms with Gasteiger partial charge in [-0.1, -0.05) is 30.3 Å². The topological polar surface area (TPSA) is 63.0 Å². The Bertz CT molecular complexity index is 1440. The number of aromatic nitrogens is 3. The van der Waals surface area contributed by atoms with Gasteiger partial charge in [0.25, 0.3) is 5.91 Å². The number of halogens is 3. The molecule has 1 fully saturated rings. The van der Waals surface area contributed by atoms with Crippen molar-refractivity contribution in [2.45, 2.75) is 26.1 Å². The second-order valence-electron chi connectivity index (χ2n) is 9.37. The van der Waals surface area contributed by atoms with E-state index in [2.05, 4.69) is 34.0 Å². The minimum absolute atomic E-state index is 0.0508. The summed E-state index contributed by atoms with van der Waals surface area (Å²) in [5.41, 5.74) is 0.742. The molecular weight excluding hydrogens is 495 g/mol. The van der Waals surface area contributed by atoms with Gasteiger partial charge in [-0.25, -0.2) is 9.50 Å². The zero-order valence-electron chi connectivity index (χ0n) is 21.4. The summed E-state index contributed by atoms with van der Waals surface area (Å²) in [4.78, 5) is 22.0. The molecule has 7 nitrogen and oxygen atoms in total. The number of nitrogens with zero attached hydrogens (tertiary/aromatic N) is 5.